The molecule has 1 aromatic carbocycles. The molecule has 152 valence electrons. The summed E-state index contributed by atoms with van der Waals surface area (Å²) in [5.41, 5.74) is 3.24. The Labute approximate surface area is 170 Å². The number of rotatable bonds is 9. The first-order valence-corrected chi connectivity index (χ1v) is 11.3. The van der Waals surface area contributed by atoms with E-state index in [4.69, 9.17) is 0 Å². The fourth-order valence-corrected chi connectivity index (χ4v) is 4.49. The van der Waals surface area contributed by atoms with Crippen LogP contribution in [-0.2, 0) is 12.8 Å². The predicted molar refractivity (Wildman–Crippen MR) is 115 cm³/mol. The summed E-state index contributed by atoms with van der Waals surface area (Å²) < 4.78 is 14.7. The van der Waals surface area contributed by atoms with Crippen LogP contribution in [0, 0.1) is 17.7 Å². The molecule has 0 saturated heterocycles. The van der Waals surface area contributed by atoms with Crippen LogP contribution in [0.3, 0.4) is 0 Å². The summed E-state index contributed by atoms with van der Waals surface area (Å²) in [6.07, 6.45) is 13.7. The maximum Gasteiger partial charge on any atom is 0.132 e. The molecular weight excluding hydrogens is 347 g/mol. The fraction of sp³-hybridized carbons (Fsp3) is 0.600. The second kappa shape index (κ2) is 10.7. The van der Waals surface area contributed by atoms with Crippen LogP contribution in [-0.4, -0.2) is 10.2 Å². The Morgan fingerprint density at radius 3 is 2.21 bits per heavy atom. The zero-order valence-electron chi connectivity index (χ0n) is 17.6. The molecule has 0 N–H and O–H groups in total. The molecule has 0 radical (unpaired) electrons. The molecule has 1 aliphatic carbocycles. The highest BCUT2D eigenvalue weighted by atomic mass is 19.1. The highest BCUT2D eigenvalue weighted by Crippen LogP contribution is 2.34. The lowest BCUT2D eigenvalue weighted by Gasteiger charge is -2.28. The van der Waals surface area contributed by atoms with Crippen molar-refractivity contribution in [2.75, 3.05) is 0 Å². The van der Waals surface area contributed by atoms with Gasteiger partial charge in [-0.2, -0.15) is 10.2 Å². The van der Waals surface area contributed by atoms with Gasteiger partial charge in [-0.1, -0.05) is 71.3 Å². The number of hydrogen-bond acceptors (Lipinski definition) is 2. The van der Waals surface area contributed by atoms with Gasteiger partial charge in [-0.15, -0.1) is 0 Å². The van der Waals surface area contributed by atoms with Crippen molar-refractivity contribution >= 4 is 0 Å². The largest absolute Gasteiger partial charge is 0.206 e. The SMILES string of the molecule is CCCCC1CCC(CCc2ccc(-c3ccc(CCC)nn3)c(F)c2)CC1. The van der Waals surface area contributed by atoms with Gasteiger partial charge in [0.1, 0.15) is 5.82 Å². The predicted octanol–water partition coefficient (Wildman–Crippen LogP) is 7.16. The molecule has 0 amide bonds. The van der Waals surface area contributed by atoms with E-state index in [1.54, 1.807) is 6.07 Å². The number of unbranched alkanes of at least 4 members (excludes halogenated alkanes) is 1. The van der Waals surface area contributed by atoms with Crippen LogP contribution in [0.15, 0.2) is 30.3 Å². The second-order valence-corrected chi connectivity index (χ2v) is 8.54. The normalized spacial score (nSPS) is 19.7. The summed E-state index contributed by atoms with van der Waals surface area (Å²) in [6.45, 7) is 4.40. The van der Waals surface area contributed by atoms with Crippen molar-refractivity contribution in [1.29, 1.82) is 0 Å². The Bertz CT molecular complexity index is 718. The van der Waals surface area contributed by atoms with Crippen LogP contribution in [0.25, 0.3) is 11.3 Å². The second-order valence-electron chi connectivity index (χ2n) is 8.54. The van der Waals surface area contributed by atoms with Gasteiger partial charge in [0, 0.05) is 5.56 Å². The zero-order valence-corrected chi connectivity index (χ0v) is 17.6. The Balaban J connectivity index is 1.52. The van der Waals surface area contributed by atoms with E-state index in [-0.39, 0.29) is 5.82 Å². The molecule has 0 atom stereocenters. The molecule has 2 nitrogen and oxygen atoms in total. The molecule has 3 rings (SSSR count). The molecule has 1 aliphatic rings. The average Bonchev–Trinajstić information content (AvgIpc) is 2.72. The van der Waals surface area contributed by atoms with Crippen molar-refractivity contribution in [3.05, 3.63) is 47.4 Å². The number of aryl methyl sites for hydroxylation is 2. The Morgan fingerprint density at radius 2 is 1.61 bits per heavy atom. The van der Waals surface area contributed by atoms with Gasteiger partial charge < -0.3 is 0 Å². The van der Waals surface area contributed by atoms with Gasteiger partial charge >= 0.3 is 0 Å². The van der Waals surface area contributed by atoms with E-state index in [1.807, 2.05) is 18.2 Å². The topological polar surface area (TPSA) is 25.8 Å². The number of nitrogens with zero attached hydrogens (tertiary/aromatic N) is 2. The third kappa shape index (κ3) is 5.86. The van der Waals surface area contributed by atoms with Gasteiger partial charge in [0.15, 0.2) is 0 Å². The van der Waals surface area contributed by atoms with Gasteiger partial charge in [0.25, 0.3) is 0 Å². The number of hydrogen-bond donors (Lipinski definition) is 0. The lowest BCUT2D eigenvalue weighted by atomic mass is 9.78. The minimum absolute atomic E-state index is 0.182. The maximum absolute atomic E-state index is 14.7. The highest BCUT2D eigenvalue weighted by molar-refractivity contribution is 5.59. The zero-order chi connectivity index (χ0) is 19.8. The first-order valence-electron chi connectivity index (χ1n) is 11.3. The molecule has 1 fully saturated rings. The van der Waals surface area contributed by atoms with Crippen LogP contribution in [0.1, 0.15) is 82.9 Å². The van der Waals surface area contributed by atoms with Crippen molar-refractivity contribution in [2.24, 2.45) is 11.8 Å². The maximum atomic E-state index is 14.7. The van der Waals surface area contributed by atoms with Gasteiger partial charge in [-0.3, -0.25) is 0 Å². The Kier molecular flexibility index (Phi) is 8.00. The van der Waals surface area contributed by atoms with Crippen molar-refractivity contribution < 1.29 is 4.39 Å². The molecule has 28 heavy (non-hydrogen) atoms. The summed E-state index contributed by atoms with van der Waals surface area (Å²) >= 11 is 0. The summed E-state index contributed by atoms with van der Waals surface area (Å²) in [7, 11) is 0. The lowest BCUT2D eigenvalue weighted by Crippen LogP contribution is -2.15. The molecule has 1 heterocycles. The minimum Gasteiger partial charge on any atom is -0.206 e. The third-order valence-corrected chi connectivity index (χ3v) is 6.31. The van der Waals surface area contributed by atoms with Crippen LogP contribution in [0.5, 0.6) is 0 Å². The lowest BCUT2D eigenvalue weighted by molar-refractivity contribution is 0.250. The van der Waals surface area contributed by atoms with E-state index in [0.29, 0.717) is 11.3 Å². The number of halogens is 1. The summed E-state index contributed by atoms with van der Waals surface area (Å²) in [6, 6.07) is 9.47. The smallest absolute Gasteiger partial charge is 0.132 e. The Hall–Kier alpha value is -1.77. The fourth-order valence-electron chi connectivity index (χ4n) is 4.49. The molecule has 0 unspecified atom stereocenters. The number of benzene rings is 1. The van der Waals surface area contributed by atoms with Crippen LogP contribution < -0.4 is 0 Å². The van der Waals surface area contributed by atoms with E-state index in [0.717, 1.165) is 42.4 Å². The highest BCUT2D eigenvalue weighted by Gasteiger charge is 2.20. The molecule has 3 heteroatoms. The molecule has 1 aromatic heterocycles. The Morgan fingerprint density at radius 1 is 0.857 bits per heavy atom. The first-order chi connectivity index (χ1) is 13.7. The molecule has 0 bridgehead atoms. The first kappa shape index (κ1) is 21.0. The molecule has 0 aliphatic heterocycles. The van der Waals surface area contributed by atoms with E-state index in [9.17, 15) is 4.39 Å². The quantitative estimate of drug-likeness (QED) is 0.459. The molecular formula is C25H35FN2. The van der Waals surface area contributed by atoms with Gasteiger partial charge in [0.2, 0.25) is 0 Å². The monoisotopic (exact) mass is 382 g/mol. The van der Waals surface area contributed by atoms with Crippen LogP contribution in [0.2, 0.25) is 0 Å². The van der Waals surface area contributed by atoms with Crippen LogP contribution in [0.4, 0.5) is 4.39 Å². The molecule has 2 aromatic rings. The summed E-state index contributed by atoms with van der Waals surface area (Å²) in [4.78, 5) is 0. The summed E-state index contributed by atoms with van der Waals surface area (Å²) in [5, 5.41) is 8.43. The van der Waals surface area contributed by atoms with Crippen molar-refractivity contribution in [1.82, 2.24) is 10.2 Å². The van der Waals surface area contributed by atoms with E-state index >= 15 is 0 Å². The van der Waals surface area contributed by atoms with Gasteiger partial charge in [-0.25, -0.2) is 4.39 Å². The third-order valence-electron chi connectivity index (χ3n) is 6.31. The van der Waals surface area contributed by atoms with Crippen molar-refractivity contribution in [3.63, 3.8) is 0 Å². The van der Waals surface area contributed by atoms with Crippen molar-refractivity contribution in [2.45, 2.75) is 84.5 Å². The van der Waals surface area contributed by atoms with Crippen molar-refractivity contribution in [3.8, 4) is 11.3 Å². The molecule has 1 saturated carbocycles. The molecule has 0 spiro atoms. The standard InChI is InChI=1S/C25H35FN2/c1-3-5-7-19-8-10-20(11-9-19)12-13-21-14-16-23(24(26)18-21)25-17-15-22(6-4-2)27-28-25/h14-20H,3-13H2,1-2H3. The van der Waals surface area contributed by atoms with Gasteiger partial charge in [-0.05, 0) is 60.9 Å². The summed E-state index contributed by atoms with van der Waals surface area (Å²) in [5.74, 6) is 1.59. The van der Waals surface area contributed by atoms with Crippen LogP contribution >= 0.6 is 0 Å². The van der Waals surface area contributed by atoms with Gasteiger partial charge in [0.05, 0.1) is 11.4 Å². The van der Waals surface area contributed by atoms with E-state index in [1.165, 1.54) is 51.4 Å². The van der Waals surface area contributed by atoms with E-state index < -0.39 is 0 Å². The van der Waals surface area contributed by atoms with E-state index in [2.05, 4.69) is 30.1 Å². The minimum atomic E-state index is -0.182. The number of aromatic nitrogens is 2. The average molecular weight is 383 g/mol.